The van der Waals surface area contributed by atoms with Gasteiger partial charge in [0.1, 0.15) is 0 Å². The second-order valence-corrected chi connectivity index (χ2v) is 3.30. The van der Waals surface area contributed by atoms with Crippen LogP contribution in [0.2, 0.25) is 0 Å². The van der Waals surface area contributed by atoms with Crippen LogP contribution in [0.1, 0.15) is 17.3 Å². The van der Waals surface area contributed by atoms with Crippen LogP contribution >= 0.6 is 0 Å². The minimum Gasteiger partial charge on any atom is -0.356 e. The van der Waals surface area contributed by atoms with Gasteiger partial charge in [-0.25, -0.2) is 0 Å². The van der Waals surface area contributed by atoms with Gasteiger partial charge in [0.25, 0.3) is 5.91 Å². The van der Waals surface area contributed by atoms with Crippen LogP contribution in [0.15, 0.2) is 18.5 Å². The van der Waals surface area contributed by atoms with Gasteiger partial charge in [0.15, 0.2) is 0 Å². The van der Waals surface area contributed by atoms with Crippen molar-refractivity contribution in [1.82, 2.24) is 15.2 Å². The molecule has 1 rings (SSSR count). The number of hydrogen-bond acceptors (Lipinski definition) is 2. The zero-order valence-corrected chi connectivity index (χ0v) is 8.91. The lowest BCUT2D eigenvalue weighted by Crippen LogP contribution is -2.33. The van der Waals surface area contributed by atoms with Crippen LogP contribution in [0, 0.1) is 0 Å². The number of nitrogens with zero attached hydrogens (tertiary/aromatic N) is 1. The molecule has 0 aliphatic rings. The summed E-state index contributed by atoms with van der Waals surface area (Å²) in [6.45, 7) is 2.33. The summed E-state index contributed by atoms with van der Waals surface area (Å²) < 4.78 is 1.81. The van der Waals surface area contributed by atoms with E-state index < -0.39 is 0 Å². The maximum atomic E-state index is 11.5. The molecule has 0 bridgehead atoms. The van der Waals surface area contributed by atoms with E-state index in [2.05, 4.69) is 10.6 Å². The predicted molar refractivity (Wildman–Crippen MR) is 56.4 cm³/mol. The molecule has 15 heavy (non-hydrogen) atoms. The first-order chi connectivity index (χ1) is 7.09. The van der Waals surface area contributed by atoms with Gasteiger partial charge in [-0.05, 0) is 6.07 Å². The molecule has 0 atom stereocenters. The topological polar surface area (TPSA) is 63.1 Å². The average molecular weight is 209 g/mol. The minimum atomic E-state index is -0.124. The number of hydrogen-bond donors (Lipinski definition) is 2. The summed E-state index contributed by atoms with van der Waals surface area (Å²) >= 11 is 0. The van der Waals surface area contributed by atoms with Gasteiger partial charge in [-0.15, -0.1) is 0 Å². The van der Waals surface area contributed by atoms with E-state index in [1.807, 2.05) is 17.8 Å². The van der Waals surface area contributed by atoms with E-state index >= 15 is 0 Å². The number of carbonyl (C=O) groups is 2. The second kappa shape index (κ2) is 5.19. The summed E-state index contributed by atoms with van der Waals surface area (Å²) in [6.07, 6.45) is 3.55. The van der Waals surface area contributed by atoms with Gasteiger partial charge in [0.2, 0.25) is 5.91 Å². The fraction of sp³-hybridized carbons (Fsp3) is 0.400. The molecular formula is C10H15N3O2. The molecule has 0 aliphatic heterocycles. The van der Waals surface area contributed by atoms with Crippen LogP contribution in [0.3, 0.4) is 0 Å². The number of aryl methyl sites for hydroxylation is 1. The highest BCUT2D eigenvalue weighted by Crippen LogP contribution is 1.98. The van der Waals surface area contributed by atoms with E-state index in [1.165, 1.54) is 6.92 Å². The van der Waals surface area contributed by atoms with Gasteiger partial charge >= 0.3 is 0 Å². The molecule has 2 amide bonds. The zero-order chi connectivity index (χ0) is 11.3. The molecule has 0 radical (unpaired) electrons. The van der Waals surface area contributed by atoms with Crippen LogP contribution in [-0.4, -0.2) is 29.5 Å². The van der Waals surface area contributed by atoms with E-state index in [4.69, 9.17) is 0 Å². The summed E-state index contributed by atoms with van der Waals surface area (Å²) in [6, 6.07) is 1.74. The Bertz CT molecular complexity index is 357. The molecule has 1 heterocycles. The van der Waals surface area contributed by atoms with Crippen molar-refractivity contribution < 1.29 is 9.59 Å². The molecule has 0 aromatic carbocycles. The van der Waals surface area contributed by atoms with Crippen LogP contribution in [0.25, 0.3) is 0 Å². The first-order valence-electron chi connectivity index (χ1n) is 4.74. The van der Waals surface area contributed by atoms with Gasteiger partial charge in [0, 0.05) is 39.5 Å². The summed E-state index contributed by atoms with van der Waals surface area (Å²) in [7, 11) is 1.86. The molecule has 0 spiro atoms. The van der Waals surface area contributed by atoms with Crippen LogP contribution in [0.4, 0.5) is 0 Å². The van der Waals surface area contributed by atoms with Gasteiger partial charge in [-0.1, -0.05) is 0 Å². The average Bonchev–Trinajstić information content (AvgIpc) is 2.59. The Labute approximate surface area is 88.5 Å². The molecule has 5 heteroatoms. The van der Waals surface area contributed by atoms with Crippen LogP contribution in [0.5, 0.6) is 0 Å². The van der Waals surface area contributed by atoms with Crippen molar-refractivity contribution in [2.45, 2.75) is 6.92 Å². The molecule has 0 saturated carbocycles. The van der Waals surface area contributed by atoms with Crippen LogP contribution < -0.4 is 10.6 Å². The molecule has 2 N–H and O–H groups in total. The van der Waals surface area contributed by atoms with Crippen molar-refractivity contribution >= 4 is 11.8 Å². The Morgan fingerprint density at radius 3 is 2.53 bits per heavy atom. The normalized spacial score (nSPS) is 9.73. The highest BCUT2D eigenvalue weighted by atomic mass is 16.2. The molecule has 82 valence electrons. The summed E-state index contributed by atoms with van der Waals surface area (Å²) in [5, 5.41) is 5.30. The number of amides is 2. The van der Waals surface area contributed by atoms with Gasteiger partial charge < -0.3 is 15.2 Å². The van der Waals surface area contributed by atoms with Crippen molar-refractivity contribution in [1.29, 1.82) is 0 Å². The van der Waals surface area contributed by atoms with Crippen molar-refractivity contribution in [2.75, 3.05) is 13.1 Å². The second-order valence-electron chi connectivity index (χ2n) is 3.30. The molecule has 5 nitrogen and oxygen atoms in total. The Morgan fingerprint density at radius 2 is 2.00 bits per heavy atom. The highest BCUT2D eigenvalue weighted by molar-refractivity contribution is 5.94. The lowest BCUT2D eigenvalue weighted by molar-refractivity contribution is -0.118. The third kappa shape index (κ3) is 3.84. The van der Waals surface area contributed by atoms with E-state index in [0.717, 1.165) is 0 Å². The fourth-order valence-corrected chi connectivity index (χ4v) is 1.15. The molecule has 0 unspecified atom stereocenters. The minimum absolute atomic E-state index is 0.0936. The predicted octanol–water partition coefficient (Wildman–Crippen LogP) is -0.109. The third-order valence-electron chi connectivity index (χ3n) is 1.88. The van der Waals surface area contributed by atoms with E-state index in [-0.39, 0.29) is 11.8 Å². The number of nitrogens with one attached hydrogen (secondary N) is 2. The standard InChI is InChI=1S/C10H15N3O2/c1-8(14)11-4-5-12-10(15)9-3-6-13(2)7-9/h3,6-7H,4-5H2,1-2H3,(H,11,14)(H,12,15). The maximum absolute atomic E-state index is 11.5. The largest absolute Gasteiger partial charge is 0.356 e. The number of aromatic nitrogens is 1. The zero-order valence-electron chi connectivity index (χ0n) is 8.91. The van der Waals surface area contributed by atoms with Gasteiger partial charge in [-0.2, -0.15) is 0 Å². The van der Waals surface area contributed by atoms with E-state index in [0.29, 0.717) is 18.7 Å². The van der Waals surface area contributed by atoms with E-state index in [9.17, 15) is 9.59 Å². The van der Waals surface area contributed by atoms with Crippen LogP contribution in [-0.2, 0) is 11.8 Å². The monoisotopic (exact) mass is 209 g/mol. The van der Waals surface area contributed by atoms with E-state index in [1.54, 1.807) is 12.3 Å². The Balaban J connectivity index is 2.28. The highest BCUT2D eigenvalue weighted by Gasteiger charge is 2.04. The van der Waals surface area contributed by atoms with Crippen molar-refractivity contribution in [3.8, 4) is 0 Å². The SMILES string of the molecule is CC(=O)NCCNC(=O)c1ccn(C)c1. The Morgan fingerprint density at radius 1 is 1.33 bits per heavy atom. The molecule has 1 aromatic heterocycles. The number of carbonyl (C=O) groups excluding carboxylic acids is 2. The smallest absolute Gasteiger partial charge is 0.252 e. The molecule has 0 aliphatic carbocycles. The van der Waals surface area contributed by atoms with Gasteiger partial charge in [-0.3, -0.25) is 9.59 Å². The molecule has 0 fully saturated rings. The van der Waals surface area contributed by atoms with Crippen molar-refractivity contribution in [3.63, 3.8) is 0 Å². The van der Waals surface area contributed by atoms with Gasteiger partial charge in [0.05, 0.1) is 5.56 Å². The van der Waals surface area contributed by atoms with Crippen molar-refractivity contribution in [3.05, 3.63) is 24.0 Å². The van der Waals surface area contributed by atoms with Crippen molar-refractivity contribution in [2.24, 2.45) is 7.05 Å². The maximum Gasteiger partial charge on any atom is 0.252 e. The summed E-state index contributed by atoms with van der Waals surface area (Å²) in [5.74, 6) is -0.218. The Hall–Kier alpha value is -1.78. The molecule has 1 aromatic rings. The lowest BCUT2D eigenvalue weighted by atomic mass is 10.3. The summed E-state index contributed by atoms with van der Waals surface area (Å²) in [4.78, 5) is 22.0. The first kappa shape index (κ1) is 11.3. The fourth-order valence-electron chi connectivity index (χ4n) is 1.15. The Kier molecular flexibility index (Phi) is 3.91. The third-order valence-corrected chi connectivity index (χ3v) is 1.88. The lowest BCUT2D eigenvalue weighted by Gasteiger charge is -2.03. The summed E-state index contributed by atoms with van der Waals surface area (Å²) in [5.41, 5.74) is 0.625. The quantitative estimate of drug-likeness (QED) is 0.680. The molecule has 0 saturated heterocycles. The first-order valence-corrected chi connectivity index (χ1v) is 4.74. The number of rotatable bonds is 4. The molecular weight excluding hydrogens is 194 g/mol.